The molecule has 9 aromatic rings. The second kappa shape index (κ2) is 10.5. The van der Waals surface area contributed by atoms with Gasteiger partial charge in [0.1, 0.15) is 0 Å². The van der Waals surface area contributed by atoms with Crippen LogP contribution in [0.1, 0.15) is 11.1 Å². The molecule has 0 aliphatic heterocycles. The average molecular weight is 571 g/mol. The molecule has 0 saturated carbocycles. The van der Waals surface area contributed by atoms with Gasteiger partial charge < -0.3 is 0 Å². The molecule has 0 N–H and O–H groups in total. The van der Waals surface area contributed by atoms with E-state index in [2.05, 4.69) is 170 Å². The van der Waals surface area contributed by atoms with E-state index in [0.29, 0.717) is 0 Å². The molecular weight excluding hydrogens is 540 g/mol. The first kappa shape index (κ1) is 25.7. The topological polar surface area (TPSA) is 0 Å². The Kier molecular flexibility index (Phi) is 5.99. The van der Waals surface area contributed by atoms with Crippen LogP contribution in [0.25, 0.3) is 76.1 Å². The second-order valence-electron chi connectivity index (χ2n) is 12.1. The minimum absolute atomic E-state index is 0.876. The lowest BCUT2D eigenvalue weighted by Crippen LogP contribution is -1.94. The standard InChI is InChI=1S/C45H30/c1-2-12-33(13-3-1)44-40-18-8-9-19-41(40)45(39-20-10-16-32-11-6-7-17-38(32)39)43-27-31(22-24-42(43)44)25-30-21-23-36-28-34-14-4-5-15-35(34)29-37(36)26-30/h1-24,26-29H,25H2. The predicted octanol–water partition coefficient (Wildman–Crippen LogP) is 12.4. The fourth-order valence-electron chi connectivity index (χ4n) is 7.32. The van der Waals surface area contributed by atoms with E-state index < -0.39 is 0 Å². The van der Waals surface area contributed by atoms with Crippen LogP contribution in [0.3, 0.4) is 0 Å². The van der Waals surface area contributed by atoms with Gasteiger partial charge >= 0.3 is 0 Å². The van der Waals surface area contributed by atoms with Crippen molar-refractivity contribution in [2.75, 3.05) is 0 Å². The minimum atomic E-state index is 0.876. The summed E-state index contributed by atoms with van der Waals surface area (Å²) in [5.41, 5.74) is 7.78. The third-order valence-electron chi connectivity index (χ3n) is 9.39. The highest BCUT2D eigenvalue weighted by atomic mass is 14.2. The van der Waals surface area contributed by atoms with Crippen LogP contribution in [0.15, 0.2) is 170 Å². The van der Waals surface area contributed by atoms with Crippen molar-refractivity contribution in [3.8, 4) is 22.3 Å². The van der Waals surface area contributed by atoms with E-state index >= 15 is 0 Å². The van der Waals surface area contributed by atoms with Gasteiger partial charge in [0.2, 0.25) is 0 Å². The molecule has 0 fully saturated rings. The maximum absolute atomic E-state index is 2.45. The number of hydrogen-bond donors (Lipinski definition) is 0. The quantitative estimate of drug-likeness (QED) is 0.185. The fraction of sp³-hybridized carbons (Fsp3) is 0.0222. The Labute approximate surface area is 262 Å². The molecular formula is C45H30. The van der Waals surface area contributed by atoms with Gasteiger partial charge in [-0.3, -0.25) is 0 Å². The Balaban J connectivity index is 1.29. The lowest BCUT2D eigenvalue weighted by molar-refractivity contribution is 1.21. The molecule has 0 saturated heterocycles. The van der Waals surface area contributed by atoms with Gasteiger partial charge in [-0.2, -0.15) is 0 Å². The van der Waals surface area contributed by atoms with Gasteiger partial charge in [-0.1, -0.05) is 158 Å². The van der Waals surface area contributed by atoms with Crippen LogP contribution < -0.4 is 0 Å². The lowest BCUT2D eigenvalue weighted by atomic mass is 9.84. The zero-order chi connectivity index (χ0) is 29.7. The van der Waals surface area contributed by atoms with Gasteiger partial charge in [0.05, 0.1) is 0 Å². The van der Waals surface area contributed by atoms with Gasteiger partial charge in [-0.05, 0) is 106 Å². The summed E-state index contributed by atoms with van der Waals surface area (Å²) in [5.74, 6) is 0. The van der Waals surface area contributed by atoms with Crippen LogP contribution >= 0.6 is 0 Å². The number of benzene rings is 9. The third-order valence-corrected chi connectivity index (χ3v) is 9.39. The molecule has 0 unspecified atom stereocenters. The van der Waals surface area contributed by atoms with Crippen LogP contribution in [0.5, 0.6) is 0 Å². The van der Waals surface area contributed by atoms with Crippen LogP contribution in [-0.4, -0.2) is 0 Å². The van der Waals surface area contributed by atoms with Crippen molar-refractivity contribution in [2.24, 2.45) is 0 Å². The molecule has 0 aliphatic rings. The normalized spacial score (nSPS) is 11.6. The SMILES string of the molecule is c1ccc(-c2c3ccccc3c(-c3cccc4ccccc34)c3cc(Cc4ccc5cc6ccccc6cc5c4)ccc23)cc1. The van der Waals surface area contributed by atoms with E-state index in [9.17, 15) is 0 Å². The molecule has 9 aromatic carbocycles. The summed E-state index contributed by atoms with van der Waals surface area (Å²) >= 11 is 0. The lowest BCUT2D eigenvalue weighted by Gasteiger charge is -2.19. The van der Waals surface area contributed by atoms with Crippen molar-refractivity contribution in [1.82, 2.24) is 0 Å². The summed E-state index contributed by atoms with van der Waals surface area (Å²) in [7, 11) is 0. The largest absolute Gasteiger partial charge is 0.0622 e. The van der Waals surface area contributed by atoms with Gasteiger partial charge in [0.25, 0.3) is 0 Å². The Bertz CT molecular complexity index is 2550. The van der Waals surface area contributed by atoms with E-state index in [0.717, 1.165) is 6.42 Å². The number of rotatable bonds is 4. The molecule has 45 heavy (non-hydrogen) atoms. The van der Waals surface area contributed by atoms with Crippen molar-refractivity contribution in [2.45, 2.75) is 6.42 Å². The smallest absolute Gasteiger partial charge is 0.00200 e. The van der Waals surface area contributed by atoms with Crippen molar-refractivity contribution in [3.05, 3.63) is 181 Å². The molecule has 0 aliphatic carbocycles. The third kappa shape index (κ3) is 4.38. The second-order valence-corrected chi connectivity index (χ2v) is 12.1. The summed E-state index contributed by atoms with van der Waals surface area (Å²) in [6.45, 7) is 0. The molecule has 0 amide bonds. The van der Waals surface area contributed by atoms with Crippen molar-refractivity contribution in [1.29, 1.82) is 0 Å². The van der Waals surface area contributed by atoms with Crippen LogP contribution in [0, 0.1) is 0 Å². The minimum Gasteiger partial charge on any atom is -0.0622 e. The van der Waals surface area contributed by atoms with Crippen molar-refractivity contribution < 1.29 is 0 Å². The Hall–Kier alpha value is -5.72. The monoisotopic (exact) mass is 570 g/mol. The molecule has 0 nitrogen and oxygen atoms in total. The first-order valence-corrected chi connectivity index (χ1v) is 15.7. The average Bonchev–Trinajstić information content (AvgIpc) is 3.10. The number of hydrogen-bond acceptors (Lipinski definition) is 0. The molecule has 0 atom stereocenters. The zero-order valence-corrected chi connectivity index (χ0v) is 24.9. The van der Waals surface area contributed by atoms with Crippen LogP contribution in [0.4, 0.5) is 0 Å². The van der Waals surface area contributed by atoms with Gasteiger partial charge in [0.15, 0.2) is 0 Å². The molecule has 0 aromatic heterocycles. The van der Waals surface area contributed by atoms with Crippen LogP contribution in [-0.2, 0) is 6.42 Å². The molecule has 0 heteroatoms. The molecule has 0 spiro atoms. The summed E-state index contributed by atoms with van der Waals surface area (Å²) < 4.78 is 0. The fourth-order valence-corrected chi connectivity index (χ4v) is 7.32. The Morgan fingerprint density at radius 1 is 0.289 bits per heavy atom. The Morgan fingerprint density at radius 3 is 1.64 bits per heavy atom. The Morgan fingerprint density at radius 2 is 0.844 bits per heavy atom. The zero-order valence-electron chi connectivity index (χ0n) is 24.9. The summed E-state index contributed by atoms with van der Waals surface area (Å²) in [6, 6.07) is 62.7. The summed E-state index contributed by atoms with van der Waals surface area (Å²) in [4.78, 5) is 0. The van der Waals surface area contributed by atoms with Gasteiger partial charge in [-0.15, -0.1) is 0 Å². The maximum atomic E-state index is 2.45. The molecule has 210 valence electrons. The first-order chi connectivity index (χ1) is 22.3. The van der Waals surface area contributed by atoms with E-state index in [1.54, 1.807) is 0 Å². The summed E-state index contributed by atoms with van der Waals surface area (Å²) in [6.07, 6.45) is 0.876. The highest BCUT2D eigenvalue weighted by Crippen LogP contribution is 2.45. The summed E-state index contributed by atoms with van der Waals surface area (Å²) in [5, 5.41) is 12.9. The van der Waals surface area contributed by atoms with E-state index in [1.165, 1.54) is 87.2 Å². The molecule has 9 rings (SSSR count). The number of fused-ring (bicyclic) bond motifs is 5. The maximum Gasteiger partial charge on any atom is -0.00200 e. The van der Waals surface area contributed by atoms with E-state index in [1.807, 2.05) is 0 Å². The highest BCUT2D eigenvalue weighted by molar-refractivity contribution is 6.23. The van der Waals surface area contributed by atoms with Crippen LogP contribution in [0.2, 0.25) is 0 Å². The molecule has 0 radical (unpaired) electrons. The van der Waals surface area contributed by atoms with E-state index in [4.69, 9.17) is 0 Å². The van der Waals surface area contributed by atoms with Gasteiger partial charge in [0, 0.05) is 0 Å². The van der Waals surface area contributed by atoms with Crippen molar-refractivity contribution >= 4 is 53.9 Å². The molecule has 0 bridgehead atoms. The molecule has 0 heterocycles. The predicted molar refractivity (Wildman–Crippen MR) is 194 cm³/mol. The first-order valence-electron chi connectivity index (χ1n) is 15.7. The highest BCUT2D eigenvalue weighted by Gasteiger charge is 2.18. The van der Waals surface area contributed by atoms with Crippen molar-refractivity contribution in [3.63, 3.8) is 0 Å². The van der Waals surface area contributed by atoms with Gasteiger partial charge in [-0.25, -0.2) is 0 Å². The van der Waals surface area contributed by atoms with E-state index in [-0.39, 0.29) is 0 Å².